The van der Waals surface area contributed by atoms with Crippen LogP contribution in [0.3, 0.4) is 0 Å². The minimum Gasteiger partial charge on any atom is -0.493 e. The minimum atomic E-state index is -0.208. The Bertz CT molecular complexity index is 1190. The van der Waals surface area contributed by atoms with Crippen LogP contribution < -0.4 is 15.0 Å². The van der Waals surface area contributed by atoms with Crippen LogP contribution in [0.5, 0.6) is 11.5 Å². The number of benzene rings is 3. The second-order valence-electron chi connectivity index (χ2n) is 6.19. The molecule has 140 valence electrons. The molecule has 0 saturated carbocycles. The molecule has 0 aliphatic carbocycles. The van der Waals surface area contributed by atoms with Crippen molar-refractivity contribution < 1.29 is 9.47 Å². The van der Waals surface area contributed by atoms with E-state index in [1.165, 1.54) is 10.9 Å². The van der Waals surface area contributed by atoms with E-state index in [-0.39, 0.29) is 5.56 Å². The summed E-state index contributed by atoms with van der Waals surface area (Å²) in [6.07, 6.45) is 1.49. The fraction of sp³-hybridized carbons (Fsp3) is 0.0909. The molecule has 0 amide bonds. The molecular weight excluding hydrogens is 376 g/mol. The van der Waals surface area contributed by atoms with Crippen molar-refractivity contribution in [1.29, 1.82) is 0 Å². The topological polar surface area (TPSA) is 53.4 Å². The van der Waals surface area contributed by atoms with Crippen molar-refractivity contribution in [3.63, 3.8) is 0 Å². The van der Waals surface area contributed by atoms with E-state index >= 15 is 0 Å². The first-order chi connectivity index (χ1) is 13.7. The van der Waals surface area contributed by atoms with E-state index < -0.39 is 0 Å². The molecule has 5 nitrogen and oxygen atoms in total. The summed E-state index contributed by atoms with van der Waals surface area (Å²) < 4.78 is 12.8. The average Bonchev–Trinajstić information content (AvgIpc) is 2.73. The monoisotopic (exact) mass is 392 g/mol. The number of fused-ring (bicyclic) bond motifs is 1. The Kier molecular flexibility index (Phi) is 5.00. The van der Waals surface area contributed by atoms with E-state index in [0.717, 1.165) is 5.56 Å². The van der Waals surface area contributed by atoms with E-state index in [2.05, 4.69) is 4.98 Å². The molecule has 4 aromatic rings. The van der Waals surface area contributed by atoms with Gasteiger partial charge in [0, 0.05) is 11.1 Å². The molecule has 0 aliphatic rings. The van der Waals surface area contributed by atoms with Gasteiger partial charge >= 0.3 is 0 Å². The second-order valence-corrected chi connectivity index (χ2v) is 6.63. The van der Waals surface area contributed by atoms with Gasteiger partial charge in [-0.25, -0.2) is 4.98 Å². The van der Waals surface area contributed by atoms with Gasteiger partial charge in [0.05, 0.1) is 23.7 Å². The molecule has 0 radical (unpaired) electrons. The fourth-order valence-electron chi connectivity index (χ4n) is 2.95. The van der Waals surface area contributed by atoms with Crippen LogP contribution in [0.15, 0.2) is 77.9 Å². The SMILES string of the molecule is COc1cc2c(=O)n(-c3cccc(Cl)c3)cnc2cc1OCc1ccccc1. The minimum absolute atomic E-state index is 0.208. The van der Waals surface area contributed by atoms with Gasteiger partial charge in [-0.3, -0.25) is 9.36 Å². The highest BCUT2D eigenvalue weighted by molar-refractivity contribution is 6.30. The summed E-state index contributed by atoms with van der Waals surface area (Å²) in [6, 6.07) is 20.3. The van der Waals surface area contributed by atoms with Crippen molar-refractivity contribution in [2.75, 3.05) is 7.11 Å². The van der Waals surface area contributed by atoms with Gasteiger partial charge in [-0.1, -0.05) is 48.0 Å². The van der Waals surface area contributed by atoms with Crippen molar-refractivity contribution >= 4 is 22.5 Å². The molecule has 0 unspecified atom stereocenters. The zero-order valence-corrected chi connectivity index (χ0v) is 15.9. The van der Waals surface area contributed by atoms with Crippen molar-refractivity contribution in [2.24, 2.45) is 0 Å². The van der Waals surface area contributed by atoms with Crippen molar-refractivity contribution in [2.45, 2.75) is 6.61 Å². The van der Waals surface area contributed by atoms with Crippen LogP contribution in [0.1, 0.15) is 5.56 Å². The zero-order chi connectivity index (χ0) is 19.5. The fourth-order valence-corrected chi connectivity index (χ4v) is 3.13. The van der Waals surface area contributed by atoms with Gasteiger partial charge in [-0.2, -0.15) is 0 Å². The number of aromatic nitrogens is 2. The van der Waals surface area contributed by atoms with Crippen LogP contribution in [0.25, 0.3) is 16.6 Å². The number of methoxy groups -OCH3 is 1. The first kappa shape index (κ1) is 18.1. The zero-order valence-electron chi connectivity index (χ0n) is 15.1. The molecule has 6 heteroatoms. The maximum atomic E-state index is 13.0. The molecule has 1 aromatic heterocycles. The molecule has 0 fully saturated rings. The maximum absolute atomic E-state index is 13.0. The average molecular weight is 393 g/mol. The standard InChI is InChI=1S/C22H17ClN2O3/c1-27-20-11-18-19(12-21(20)28-13-15-6-3-2-4-7-15)24-14-25(22(18)26)17-9-5-8-16(23)10-17/h2-12,14H,13H2,1H3. The molecule has 0 saturated heterocycles. The number of rotatable bonds is 5. The smallest absolute Gasteiger partial charge is 0.265 e. The van der Waals surface area contributed by atoms with Gasteiger partial charge in [0.2, 0.25) is 0 Å². The number of hydrogen-bond acceptors (Lipinski definition) is 4. The number of halogens is 1. The van der Waals surface area contributed by atoms with E-state index in [0.29, 0.717) is 39.7 Å². The molecule has 28 heavy (non-hydrogen) atoms. The summed E-state index contributed by atoms with van der Waals surface area (Å²) in [7, 11) is 1.54. The summed E-state index contributed by atoms with van der Waals surface area (Å²) in [4.78, 5) is 17.4. The Balaban J connectivity index is 1.74. The Labute approximate surface area is 166 Å². The lowest BCUT2D eigenvalue weighted by molar-refractivity contribution is 0.285. The van der Waals surface area contributed by atoms with E-state index in [4.69, 9.17) is 21.1 Å². The largest absolute Gasteiger partial charge is 0.493 e. The molecule has 1 heterocycles. The van der Waals surface area contributed by atoms with Gasteiger partial charge in [0.1, 0.15) is 12.9 Å². The van der Waals surface area contributed by atoms with Crippen LogP contribution in [0.2, 0.25) is 5.02 Å². The molecule has 0 aliphatic heterocycles. The van der Waals surface area contributed by atoms with Crippen molar-refractivity contribution in [3.05, 3.63) is 94.0 Å². The van der Waals surface area contributed by atoms with Crippen LogP contribution in [0.4, 0.5) is 0 Å². The molecule has 0 bridgehead atoms. The summed E-state index contributed by atoms with van der Waals surface area (Å²) in [5.74, 6) is 1.01. The number of hydrogen-bond donors (Lipinski definition) is 0. The molecule has 0 spiro atoms. The van der Waals surface area contributed by atoms with E-state index in [1.54, 1.807) is 43.5 Å². The summed E-state index contributed by atoms with van der Waals surface area (Å²) >= 11 is 6.05. The second kappa shape index (κ2) is 7.74. The quantitative estimate of drug-likeness (QED) is 0.497. The van der Waals surface area contributed by atoms with E-state index in [1.807, 2.05) is 30.3 Å². The first-order valence-corrected chi connectivity index (χ1v) is 9.05. The van der Waals surface area contributed by atoms with E-state index in [9.17, 15) is 4.79 Å². The van der Waals surface area contributed by atoms with Gasteiger partial charge < -0.3 is 9.47 Å². The Morgan fingerprint density at radius 1 is 1.00 bits per heavy atom. The van der Waals surface area contributed by atoms with Crippen molar-refractivity contribution in [3.8, 4) is 17.2 Å². The summed E-state index contributed by atoms with van der Waals surface area (Å²) in [6.45, 7) is 0.391. The van der Waals surface area contributed by atoms with Gasteiger partial charge in [0.15, 0.2) is 11.5 Å². The van der Waals surface area contributed by atoms with Crippen molar-refractivity contribution in [1.82, 2.24) is 9.55 Å². The van der Waals surface area contributed by atoms with Crippen LogP contribution >= 0.6 is 11.6 Å². The lowest BCUT2D eigenvalue weighted by Crippen LogP contribution is -2.19. The number of nitrogens with zero attached hydrogens (tertiary/aromatic N) is 2. The first-order valence-electron chi connectivity index (χ1n) is 8.68. The lowest BCUT2D eigenvalue weighted by atomic mass is 10.2. The van der Waals surface area contributed by atoms with Crippen LogP contribution in [-0.4, -0.2) is 16.7 Å². The van der Waals surface area contributed by atoms with Gasteiger partial charge in [-0.15, -0.1) is 0 Å². The Morgan fingerprint density at radius 2 is 1.82 bits per heavy atom. The normalized spacial score (nSPS) is 10.8. The Hall–Kier alpha value is -3.31. The molecule has 0 N–H and O–H groups in total. The maximum Gasteiger partial charge on any atom is 0.265 e. The highest BCUT2D eigenvalue weighted by Gasteiger charge is 2.13. The Morgan fingerprint density at radius 3 is 2.57 bits per heavy atom. The molecule has 3 aromatic carbocycles. The highest BCUT2D eigenvalue weighted by Crippen LogP contribution is 2.31. The third-order valence-corrected chi connectivity index (χ3v) is 4.60. The van der Waals surface area contributed by atoms with Crippen LogP contribution in [0, 0.1) is 0 Å². The summed E-state index contributed by atoms with van der Waals surface area (Å²) in [5, 5.41) is 0.984. The van der Waals surface area contributed by atoms with Crippen LogP contribution in [-0.2, 0) is 6.61 Å². The molecule has 4 rings (SSSR count). The third-order valence-electron chi connectivity index (χ3n) is 4.37. The predicted molar refractivity (Wildman–Crippen MR) is 110 cm³/mol. The summed E-state index contributed by atoms with van der Waals surface area (Å²) in [5.41, 5.74) is 2.01. The molecular formula is C22H17ClN2O3. The highest BCUT2D eigenvalue weighted by atomic mass is 35.5. The number of ether oxygens (including phenoxy) is 2. The predicted octanol–water partition coefficient (Wildman–Crippen LogP) is 4.63. The van der Waals surface area contributed by atoms with Gasteiger partial charge in [-0.05, 0) is 29.8 Å². The van der Waals surface area contributed by atoms with Gasteiger partial charge in [0.25, 0.3) is 5.56 Å². The third kappa shape index (κ3) is 3.57. The lowest BCUT2D eigenvalue weighted by Gasteiger charge is -2.13. The molecule has 0 atom stereocenters.